The van der Waals surface area contributed by atoms with Crippen molar-refractivity contribution in [1.29, 1.82) is 0 Å². The molecule has 6 heteroatoms. The van der Waals surface area contributed by atoms with Crippen LogP contribution in [-0.2, 0) is 6.42 Å². The Morgan fingerprint density at radius 1 is 1.04 bits per heavy atom. The minimum absolute atomic E-state index is 0.0143. The van der Waals surface area contributed by atoms with Gasteiger partial charge in [-0.25, -0.2) is 0 Å². The van der Waals surface area contributed by atoms with Gasteiger partial charge in [0.1, 0.15) is 5.69 Å². The van der Waals surface area contributed by atoms with Crippen molar-refractivity contribution in [3.05, 3.63) is 34.7 Å². The lowest BCUT2D eigenvalue weighted by Gasteiger charge is -2.34. The molecule has 0 aliphatic rings. The number of nitrogens with two attached hydrogens (primary N) is 1. The van der Waals surface area contributed by atoms with E-state index in [9.17, 15) is 9.90 Å². The normalized spacial score (nSPS) is 11.0. The van der Waals surface area contributed by atoms with Gasteiger partial charge in [0, 0.05) is 5.56 Å². The van der Waals surface area contributed by atoms with E-state index in [4.69, 9.17) is 5.73 Å². The highest BCUT2D eigenvalue weighted by atomic mass is 32.1. The van der Waals surface area contributed by atoms with Crippen LogP contribution < -0.4 is 10.8 Å². The van der Waals surface area contributed by atoms with Gasteiger partial charge in [-0.3, -0.25) is 0 Å². The zero-order valence-corrected chi connectivity index (χ0v) is 17.4. The average molecular weight is 378 g/mol. The molecule has 1 aromatic heterocycles. The molecule has 1 heterocycles. The van der Waals surface area contributed by atoms with Gasteiger partial charge in [0.2, 0.25) is 0 Å². The average Bonchev–Trinajstić information content (AvgIpc) is 3.06. The number of aromatic nitrogens is 1. The van der Waals surface area contributed by atoms with Gasteiger partial charge in [-0.15, -0.1) is 0 Å². The van der Waals surface area contributed by atoms with Crippen LogP contribution in [0.4, 0.5) is 5.69 Å². The van der Waals surface area contributed by atoms with Crippen LogP contribution in [0, 0.1) is 0 Å². The summed E-state index contributed by atoms with van der Waals surface area (Å²) in [6, 6.07) is 7.74. The summed E-state index contributed by atoms with van der Waals surface area (Å²) in [7, 11) is 0. The highest BCUT2D eigenvalue weighted by Crippen LogP contribution is 2.30. The van der Waals surface area contributed by atoms with Crippen molar-refractivity contribution in [1.82, 2.24) is 4.37 Å². The number of hydrogen-bond acceptors (Lipinski definition) is 5. The number of aryl methyl sites for hydroxylation is 1. The summed E-state index contributed by atoms with van der Waals surface area (Å²) >= 11 is 0.852. The van der Waals surface area contributed by atoms with Gasteiger partial charge in [-0.2, -0.15) is 4.37 Å². The molecule has 0 atom stereocenters. The fourth-order valence-electron chi connectivity index (χ4n) is 2.89. The van der Waals surface area contributed by atoms with E-state index in [1.807, 2.05) is 24.3 Å². The summed E-state index contributed by atoms with van der Waals surface area (Å²) in [5, 5.41) is 10.7. The molecule has 1 aromatic carbocycles. The van der Waals surface area contributed by atoms with Gasteiger partial charge in [0.15, 0.2) is 0 Å². The van der Waals surface area contributed by atoms with E-state index in [0.29, 0.717) is 5.69 Å². The first kappa shape index (κ1) is 22.1. The van der Waals surface area contributed by atoms with Crippen LogP contribution in [0.1, 0.15) is 49.9 Å². The molecule has 0 bridgehead atoms. The highest BCUT2D eigenvalue weighted by molar-refractivity contribution is 7.08. The Hall–Kier alpha value is -1.92. The molecule has 2 rings (SSSR count). The maximum absolute atomic E-state index is 10.7. The quantitative estimate of drug-likeness (QED) is 0.752. The van der Waals surface area contributed by atoms with Crippen molar-refractivity contribution in [3.63, 3.8) is 0 Å². The summed E-state index contributed by atoms with van der Waals surface area (Å²) in [4.78, 5) is 10.7. The highest BCUT2D eigenvalue weighted by Gasteiger charge is 2.16. The number of carbonyl (C=O) groups excluding carboxylic acids is 1. The maximum Gasteiger partial charge on any atom is 0.108 e. The second-order valence-electron chi connectivity index (χ2n) is 6.22. The van der Waals surface area contributed by atoms with Gasteiger partial charge >= 0.3 is 0 Å². The van der Waals surface area contributed by atoms with Crippen LogP contribution in [0.5, 0.6) is 0 Å². The van der Waals surface area contributed by atoms with Gasteiger partial charge < -0.3 is 20.1 Å². The van der Waals surface area contributed by atoms with Crippen LogP contribution >= 0.6 is 11.5 Å². The standard InChI is InChI=1S/C12H12N2O2S.C8H20N/c1-2-7-3-5-8(6-4-7)10-9(13)11(12(15)16)17-14-10;1-5-9(6-2,7-3)8-4/h3-6H,2,13H2,1H3,(H,15,16);5-8H2,1-4H3/q;+1/p-1. The van der Waals surface area contributed by atoms with E-state index in [-0.39, 0.29) is 10.6 Å². The van der Waals surface area contributed by atoms with Gasteiger partial charge in [-0.05, 0) is 51.2 Å². The summed E-state index contributed by atoms with van der Waals surface area (Å²) in [6.07, 6.45) is 0.955. The second kappa shape index (κ2) is 10.3. The summed E-state index contributed by atoms with van der Waals surface area (Å²) in [6.45, 7) is 16.3. The number of nitrogens with zero attached hydrogens (tertiary/aromatic N) is 2. The zero-order valence-electron chi connectivity index (χ0n) is 16.5. The molecular formula is C20H31N3O2S. The fraction of sp³-hybridized carbons (Fsp3) is 0.500. The van der Waals surface area contributed by atoms with Crippen LogP contribution in [0.2, 0.25) is 0 Å². The fourth-order valence-corrected chi connectivity index (χ4v) is 3.55. The number of quaternary nitrogens is 1. The molecular weight excluding hydrogens is 346 g/mol. The van der Waals surface area contributed by atoms with Crippen LogP contribution in [0.3, 0.4) is 0 Å². The first-order chi connectivity index (χ1) is 12.4. The molecule has 5 nitrogen and oxygen atoms in total. The molecule has 2 N–H and O–H groups in total. The molecule has 2 aromatic rings. The van der Waals surface area contributed by atoms with E-state index < -0.39 is 5.97 Å². The van der Waals surface area contributed by atoms with E-state index in [2.05, 4.69) is 39.0 Å². The first-order valence-corrected chi connectivity index (χ1v) is 10.1. The third-order valence-corrected chi connectivity index (χ3v) is 6.08. The van der Waals surface area contributed by atoms with Crippen molar-refractivity contribution in [2.45, 2.75) is 41.0 Å². The number of aromatic carboxylic acids is 1. The Kier molecular flexibility index (Phi) is 8.75. The van der Waals surface area contributed by atoms with E-state index in [0.717, 1.165) is 23.5 Å². The Labute approximate surface area is 161 Å². The van der Waals surface area contributed by atoms with Crippen LogP contribution in [-0.4, -0.2) is 41.0 Å². The molecule has 0 saturated heterocycles. The number of benzene rings is 1. The van der Waals surface area contributed by atoms with Crippen LogP contribution in [0.15, 0.2) is 24.3 Å². The summed E-state index contributed by atoms with van der Waals surface area (Å²) in [5.41, 5.74) is 8.46. The van der Waals surface area contributed by atoms with Gasteiger partial charge in [0.05, 0.1) is 42.7 Å². The molecule has 0 fully saturated rings. The van der Waals surface area contributed by atoms with Gasteiger partial charge in [-0.1, -0.05) is 31.2 Å². The molecule has 0 radical (unpaired) electrons. The molecule has 0 aliphatic heterocycles. The number of anilines is 1. The Morgan fingerprint density at radius 2 is 1.54 bits per heavy atom. The third-order valence-electron chi connectivity index (χ3n) is 5.23. The molecule has 0 spiro atoms. The Morgan fingerprint density at radius 3 is 1.85 bits per heavy atom. The minimum Gasteiger partial charge on any atom is -0.544 e. The largest absolute Gasteiger partial charge is 0.544 e. The first-order valence-electron chi connectivity index (χ1n) is 9.28. The minimum atomic E-state index is -1.28. The Balaban J connectivity index is 0.000000321. The molecule has 0 amide bonds. The monoisotopic (exact) mass is 377 g/mol. The van der Waals surface area contributed by atoms with E-state index in [1.54, 1.807) is 0 Å². The van der Waals surface area contributed by atoms with Crippen molar-refractivity contribution < 1.29 is 14.4 Å². The molecule has 0 unspecified atom stereocenters. The van der Waals surface area contributed by atoms with Crippen molar-refractivity contribution in [2.75, 3.05) is 31.9 Å². The van der Waals surface area contributed by atoms with Crippen molar-refractivity contribution >= 4 is 23.2 Å². The summed E-state index contributed by atoms with van der Waals surface area (Å²) < 4.78 is 5.34. The second-order valence-corrected chi connectivity index (χ2v) is 6.99. The molecule has 144 valence electrons. The van der Waals surface area contributed by atoms with E-state index >= 15 is 0 Å². The molecule has 0 saturated carbocycles. The number of carboxylic acid groups (broad SMARTS) is 1. The number of nitrogen functional groups attached to an aromatic ring is 1. The van der Waals surface area contributed by atoms with Gasteiger partial charge in [0.25, 0.3) is 0 Å². The number of carbonyl (C=O) groups is 1. The zero-order chi connectivity index (χ0) is 19.7. The third kappa shape index (κ3) is 5.29. The smallest absolute Gasteiger partial charge is 0.108 e. The lowest BCUT2D eigenvalue weighted by molar-refractivity contribution is -0.921. The lowest BCUT2D eigenvalue weighted by atomic mass is 10.1. The topological polar surface area (TPSA) is 79.0 Å². The maximum atomic E-state index is 10.7. The summed E-state index contributed by atoms with van der Waals surface area (Å²) in [5.74, 6) is -1.28. The molecule has 26 heavy (non-hydrogen) atoms. The van der Waals surface area contributed by atoms with Crippen molar-refractivity contribution in [2.24, 2.45) is 0 Å². The predicted octanol–water partition coefficient (Wildman–Crippen LogP) is 3.20. The Bertz CT molecular complexity index is 674. The number of hydrogen-bond donors (Lipinski definition) is 1. The lowest BCUT2D eigenvalue weighted by Crippen LogP contribution is -2.47. The molecule has 0 aliphatic carbocycles. The van der Waals surface area contributed by atoms with Crippen molar-refractivity contribution in [3.8, 4) is 11.3 Å². The number of rotatable bonds is 7. The van der Waals surface area contributed by atoms with Crippen LogP contribution in [0.25, 0.3) is 11.3 Å². The number of carboxylic acids is 1. The predicted molar refractivity (Wildman–Crippen MR) is 108 cm³/mol. The SMILES string of the molecule is CC[N+](CC)(CC)CC.CCc1ccc(-c2nsc(C(=O)[O-])c2N)cc1. The van der Waals surface area contributed by atoms with E-state index in [1.165, 1.54) is 36.2 Å².